The van der Waals surface area contributed by atoms with E-state index in [0.717, 1.165) is 43.1 Å². The van der Waals surface area contributed by atoms with Crippen LogP contribution in [0.15, 0.2) is 24.3 Å². The molecule has 24 heavy (non-hydrogen) atoms. The van der Waals surface area contributed by atoms with Crippen molar-refractivity contribution in [3.63, 3.8) is 0 Å². The van der Waals surface area contributed by atoms with Gasteiger partial charge in [-0.15, -0.1) is 0 Å². The molecule has 0 atom stereocenters. The molecule has 3 rings (SSSR count). The number of carbonyl (C=O) groups excluding carboxylic acids is 1. The fraction of sp³-hybridized carbons (Fsp3) is 0.389. The maximum Gasteiger partial charge on any atom is 0.172 e. The molecule has 1 fully saturated rings. The fourth-order valence-electron chi connectivity index (χ4n) is 3.17. The lowest BCUT2D eigenvalue weighted by Crippen LogP contribution is -2.34. The highest BCUT2D eigenvalue weighted by molar-refractivity contribution is 6.33. The number of aryl methyl sites for hydroxylation is 1. The van der Waals surface area contributed by atoms with Crippen molar-refractivity contribution in [3.05, 3.63) is 46.5 Å². The Labute approximate surface area is 146 Å². The van der Waals surface area contributed by atoms with E-state index in [0.29, 0.717) is 23.7 Å². The number of aromatic hydroxyl groups is 1. The quantitative estimate of drug-likeness (QED) is 0.860. The van der Waals surface area contributed by atoms with Crippen LogP contribution < -0.4 is 4.90 Å². The van der Waals surface area contributed by atoms with Crippen LogP contribution >= 0.6 is 11.6 Å². The van der Waals surface area contributed by atoms with Gasteiger partial charge >= 0.3 is 0 Å². The minimum Gasteiger partial charge on any atom is -0.504 e. The van der Waals surface area contributed by atoms with Gasteiger partial charge in [-0.25, -0.2) is 9.97 Å². The van der Waals surface area contributed by atoms with Crippen LogP contribution in [0.4, 0.5) is 5.69 Å². The van der Waals surface area contributed by atoms with E-state index in [1.54, 1.807) is 6.92 Å². The summed E-state index contributed by atoms with van der Waals surface area (Å²) < 4.78 is 0. The van der Waals surface area contributed by atoms with Gasteiger partial charge in [0.25, 0.3) is 0 Å². The van der Waals surface area contributed by atoms with Crippen LogP contribution in [-0.2, 0) is 6.42 Å². The molecule has 2 aromatic rings. The summed E-state index contributed by atoms with van der Waals surface area (Å²) >= 11 is 6.27. The van der Waals surface area contributed by atoms with Crippen molar-refractivity contribution in [1.29, 1.82) is 0 Å². The Morgan fingerprint density at radius 1 is 1.29 bits per heavy atom. The normalized spacial score (nSPS) is 15.5. The molecule has 1 aliphatic heterocycles. The van der Waals surface area contributed by atoms with Crippen molar-refractivity contribution in [2.24, 2.45) is 5.92 Å². The molecule has 0 amide bonds. The fourth-order valence-corrected chi connectivity index (χ4v) is 3.42. The lowest BCUT2D eigenvalue weighted by molar-refractivity contribution is 0.111. The largest absolute Gasteiger partial charge is 0.504 e. The van der Waals surface area contributed by atoms with E-state index in [1.165, 1.54) is 0 Å². The smallest absolute Gasteiger partial charge is 0.172 e. The Bertz CT molecular complexity index is 743. The van der Waals surface area contributed by atoms with Gasteiger partial charge in [0.1, 0.15) is 11.5 Å². The maximum atomic E-state index is 11.0. The van der Waals surface area contributed by atoms with Crippen molar-refractivity contribution < 1.29 is 9.90 Å². The molecular weight excluding hydrogens is 326 g/mol. The zero-order chi connectivity index (χ0) is 17.1. The van der Waals surface area contributed by atoms with E-state index >= 15 is 0 Å². The number of benzene rings is 1. The van der Waals surface area contributed by atoms with E-state index < -0.39 is 0 Å². The number of rotatable bonds is 4. The third kappa shape index (κ3) is 3.51. The van der Waals surface area contributed by atoms with Gasteiger partial charge in [0.05, 0.1) is 16.4 Å². The Morgan fingerprint density at radius 3 is 2.67 bits per heavy atom. The molecule has 5 nitrogen and oxygen atoms in total. The monoisotopic (exact) mass is 345 g/mol. The molecule has 0 unspecified atom stereocenters. The Morgan fingerprint density at radius 2 is 2.00 bits per heavy atom. The van der Waals surface area contributed by atoms with E-state index in [4.69, 9.17) is 11.6 Å². The third-order valence-corrected chi connectivity index (χ3v) is 4.84. The van der Waals surface area contributed by atoms with Crippen LogP contribution in [0, 0.1) is 12.8 Å². The molecule has 6 heteroatoms. The summed E-state index contributed by atoms with van der Waals surface area (Å²) in [5.74, 6) is 0.970. The van der Waals surface area contributed by atoms with Gasteiger partial charge in [-0.05, 0) is 37.8 Å². The molecule has 0 aliphatic carbocycles. The molecule has 1 saturated heterocycles. The van der Waals surface area contributed by atoms with Crippen LogP contribution in [0.2, 0.25) is 5.02 Å². The predicted octanol–water partition coefficient (Wildman–Crippen LogP) is 3.42. The molecule has 0 spiro atoms. The van der Waals surface area contributed by atoms with Crippen molar-refractivity contribution in [2.75, 3.05) is 18.0 Å². The first-order valence-electron chi connectivity index (χ1n) is 8.09. The second-order valence-corrected chi connectivity index (χ2v) is 6.57. The second kappa shape index (κ2) is 7.18. The second-order valence-electron chi connectivity index (χ2n) is 6.16. The number of carbonyl (C=O) groups is 1. The number of para-hydroxylation sites is 1. The van der Waals surface area contributed by atoms with E-state index in [9.17, 15) is 9.90 Å². The number of nitrogens with zero attached hydrogens (tertiary/aromatic N) is 3. The highest BCUT2D eigenvalue weighted by atomic mass is 35.5. The molecule has 0 bridgehead atoms. The minimum atomic E-state index is -0.123. The third-order valence-electron chi connectivity index (χ3n) is 4.52. The van der Waals surface area contributed by atoms with Gasteiger partial charge in [0.2, 0.25) is 0 Å². The Kier molecular flexibility index (Phi) is 5.00. The number of halogens is 1. The lowest BCUT2D eigenvalue weighted by Gasteiger charge is -2.34. The van der Waals surface area contributed by atoms with E-state index in [1.807, 2.05) is 24.3 Å². The van der Waals surface area contributed by atoms with E-state index in [-0.39, 0.29) is 11.4 Å². The first-order valence-corrected chi connectivity index (χ1v) is 8.47. The average Bonchev–Trinajstić information content (AvgIpc) is 2.59. The SMILES string of the molecule is Cc1nc(CC2CCN(c3ccccc3Cl)CC2)nc(C=O)c1O. The number of aldehydes is 1. The molecule has 1 aromatic carbocycles. The van der Waals surface area contributed by atoms with Gasteiger partial charge in [-0.3, -0.25) is 4.79 Å². The van der Waals surface area contributed by atoms with Crippen LogP contribution in [0.25, 0.3) is 0 Å². The number of hydrogen-bond acceptors (Lipinski definition) is 5. The van der Waals surface area contributed by atoms with Gasteiger partial charge < -0.3 is 10.0 Å². The highest BCUT2D eigenvalue weighted by Crippen LogP contribution is 2.30. The zero-order valence-corrected chi connectivity index (χ0v) is 14.3. The van der Waals surface area contributed by atoms with Crippen molar-refractivity contribution in [2.45, 2.75) is 26.2 Å². The van der Waals surface area contributed by atoms with Crippen LogP contribution in [0.3, 0.4) is 0 Å². The molecule has 0 saturated carbocycles. The summed E-state index contributed by atoms with van der Waals surface area (Å²) in [5.41, 5.74) is 1.61. The molecule has 1 aliphatic rings. The van der Waals surface area contributed by atoms with Gasteiger partial charge in [-0.2, -0.15) is 0 Å². The van der Waals surface area contributed by atoms with Crippen LogP contribution in [-0.4, -0.2) is 34.5 Å². The average molecular weight is 346 g/mol. The van der Waals surface area contributed by atoms with Crippen molar-refractivity contribution >= 4 is 23.6 Å². The first kappa shape index (κ1) is 16.7. The summed E-state index contributed by atoms with van der Waals surface area (Å²) in [7, 11) is 0. The minimum absolute atomic E-state index is 0.0750. The summed E-state index contributed by atoms with van der Waals surface area (Å²) in [6, 6.07) is 7.90. The standard InChI is InChI=1S/C18H20ClN3O2/c1-12-18(24)15(11-23)21-17(20-12)10-13-6-8-22(9-7-13)16-5-3-2-4-14(16)19/h2-5,11,13,24H,6-10H2,1H3. The highest BCUT2D eigenvalue weighted by Gasteiger charge is 2.22. The van der Waals surface area contributed by atoms with E-state index in [2.05, 4.69) is 14.9 Å². The molecular formula is C18H20ClN3O2. The lowest BCUT2D eigenvalue weighted by atomic mass is 9.93. The molecule has 126 valence electrons. The molecule has 1 aromatic heterocycles. The number of anilines is 1. The summed E-state index contributed by atoms with van der Waals surface area (Å²) in [6.45, 7) is 3.56. The van der Waals surface area contributed by atoms with Gasteiger partial charge in [-0.1, -0.05) is 23.7 Å². The first-order chi connectivity index (χ1) is 11.6. The van der Waals surface area contributed by atoms with Gasteiger partial charge in [0.15, 0.2) is 12.0 Å². The topological polar surface area (TPSA) is 66.3 Å². The number of piperidine rings is 1. The molecule has 1 N–H and O–H groups in total. The molecule has 0 radical (unpaired) electrons. The summed E-state index contributed by atoms with van der Waals surface area (Å²) in [5, 5.41) is 10.5. The Balaban J connectivity index is 1.65. The summed E-state index contributed by atoms with van der Waals surface area (Å²) in [4.78, 5) is 21.8. The van der Waals surface area contributed by atoms with Crippen molar-refractivity contribution in [1.82, 2.24) is 9.97 Å². The summed E-state index contributed by atoms with van der Waals surface area (Å²) in [6.07, 6.45) is 3.34. The molecule has 2 heterocycles. The zero-order valence-electron chi connectivity index (χ0n) is 13.6. The Hall–Kier alpha value is -2.14. The van der Waals surface area contributed by atoms with Crippen molar-refractivity contribution in [3.8, 4) is 5.75 Å². The number of aromatic nitrogens is 2. The van der Waals surface area contributed by atoms with Crippen LogP contribution in [0.5, 0.6) is 5.75 Å². The van der Waals surface area contributed by atoms with Gasteiger partial charge in [0, 0.05) is 19.5 Å². The maximum absolute atomic E-state index is 11.0. The van der Waals surface area contributed by atoms with Crippen LogP contribution in [0.1, 0.15) is 34.8 Å². The predicted molar refractivity (Wildman–Crippen MR) is 93.9 cm³/mol. The number of hydrogen-bond donors (Lipinski definition) is 1.